The zero-order valence-corrected chi connectivity index (χ0v) is 14.0. The Labute approximate surface area is 141 Å². The summed E-state index contributed by atoms with van der Waals surface area (Å²) in [6.07, 6.45) is 0. The van der Waals surface area contributed by atoms with E-state index in [1.165, 1.54) is 0 Å². The summed E-state index contributed by atoms with van der Waals surface area (Å²) in [5.74, 6) is 2.38. The van der Waals surface area contributed by atoms with Crippen molar-refractivity contribution in [2.45, 2.75) is 0 Å². The molecule has 1 amide bonds. The molecule has 2 saturated heterocycles. The maximum Gasteiger partial charge on any atom is 0.260 e. The van der Waals surface area contributed by atoms with Gasteiger partial charge in [-0.15, -0.1) is 12.4 Å². The fraction of sp³-hybridized carbons (Fsp3) is 0.533. The maximum atomic E-state index is 12.2. The lowest BCUT2D eigenvalue weighted by molar-refractivity contribution is -0.132. The highest BCUT2D eigenvalue weighted by molar-refractivity contribution is 6.32. The Morgan fingerprint density at radius 2 is 2.05 bits per heavy atom. The highest BCUT2D eigenvalue weighted by atomic mass is 35.5. The Morgan fingerprint density at radius 3 is 2.68 bits per heavy atom. The Balaban J connectivity index is 0.00000176. The van der Waals surface area contributed by atoms with Crippen molar-refractivity contribution in [3.63, 3.8) is 0 Å². The molecular weight excluding hydrogens is 327 g/mol. The number of likely N-dealkylation sites (tertiary alicyclic amines) is 1. The molecular formula is C15H20Cl2N2O3. The van der Waals surface area contributed by atoms with E-state index in [1.807, 2.05) is 4.90 Å². The van der Waals surface area contributed by atoms with E-state index in [0.29, 0.717) is 28.4 Å². The average molecular weight is 347 g/mol. The zero-order chi connectivity index (χ0) is 14.8. The molecule has 2 aliphatic heterocycles. The molecule has 122 valence electrons. The van der Waals surface area contributed by atoms with Gasteiger partial charge in [0.1, 0.15) is 11.5 Å². The number of hydrogen-bond acceptors (Lipinski definition) is 4. The Kier molecular flexibility index (Phi) is 5.78. The number of carbonyl (C=O) groups excluding carboxylic acids is 1. The molecule has 0 saturated carbocycles. The van der Waals surface area contributed by atoms with E-state index in [4.69, 9.17) is 21.1 Å². The standard InChI is InChI=1S/C15H19ClN2O3.ClH/c1-20-14-4-12(2-3-13(14)16)21-9-15(19)18-7-10-5-17-6-11(10)8-18;/h2-4,10-11,17H,5-9H2,1H3;1H/t10-,11+;. The predicted molar refractivity (Wildman–Crippen MR) is 87.2 cm³/mol. The van der Waals surface area contributed by atoms with Crippen LogP contribution in [0.25, 0.3) is 0 Å². The van der Waals surface area contributed by atoms with Crippen molar-refractivity contribution in [3.05, 3.63) is 23.2 Å². The number of nitrogens with one attached hydrogen (secondary N) is 1. The molecule has 0 unspecified atom stereocenters. The lowest BCUT2D eigenvalue weighted by atomic mass is 10.0. The Morgan fingerprint density at radius 1 is 1.36 bits per heavy atom. The van der Waals surface area contributed by atoms with Gasteiger partial charge in [0.2, 0.25) is 0 Å². The van der Waals surface area contributed by atoms with Gasteiger partial charge in [-0.25, -0.2) is 0 Å². The molecule has 0 radical (unpaired) electrons. The fourth-order valence-corrected chi connectivity index (χ4v) is 3.22. The molecule has 0 aromatic heterocycles. The second-order valence-electron chi connectivity index (χ2n) is 5.56. The second-order valence-corrected chi connectivity index (χ2v) is 5.97. The first kappa shape index (κ1) is 17.2. The molecule has 0 spiro atoms. The highest BCUT2D eigenvalue weighted by Crippen LogP contribution is 2.29. The van der Waals surface area contributed by atoms with E-state index in [1.54, 1.807) is 25.3 Å². The molecule has 7 heteroatoms. The number of nitrogens with zero attached hydrogens (tertiary/aromatic N) is 1. The molecule has 22 heavy (non-hydrogen) atoms. The van der Waals surface area contributed by atoms with Crippen LogP contribution in [0, 0.1) is 11.8 Å². The number of fused-ring (bicyclic) bond motifs is 1. The van der Waals surface area contributed by atoms with Gasteiger partial charge in [-0.1, -0.05) is 11.6 Å². The first-order valence-corrected chi connectivity index (χ1v) is 7.50. The van der Waals surface area contributed by atoms with E-state index >= 15 is 0 Å². The lowest BCUT2D eigenvalue weighted by Gasteiger charge is -2.18. The molecule has 5 nitrogen and oxygen atoms in total. The van der Waals surface area contributed by atoms with Gasteiger partial charge in [0, 0.05) is 32.2 Å². The van der Waals surface area contributed by atoms with Gasteiger partial charge in [-0.2, -0.15) is 0 Å². The van der Waals surface area contributed by atoms with Crippen LogP contribution in [0.3, 0.4) is 0 Å². The van der Waals surface area contributed by atoms with Crippen LogP contribution in [0.2, 0.25) is 5.02 Å². The SMILES string of the molecule is COc1cc(OCC(=O)N2C[C@H]3CNC[C@H]3C2)ccc1Cl.Cl. The van der Waals surface area contributed by atoms with Crippen molar-refractivity contribution in [2.24, 2.45) is 11.8 Å². The molecule has 1 aromatic carbocycles. The summed E-state index contributed by atoms with van der Waals surface area (Å²) in [6.45, 7) is 3.76. The van der Waals surface area contributed by atoms with Gasteiger partial charge in [0.05, 0.1) is 12.1 Å². The van der Waals surface area contributed by atoms with Gasteiger partial charge in [0.25, 0.3) is 5.91 Å². The van der Waals surface area contributed by atoms with Gasteiger partial charge >= 0.3 is 0 Å². The molecule has 1 N–H and O–H groups in total. The smallest absolute Gasteiger partial charge is 0.260 e. The monoisotopic (exact) mass is 346 g/mol. The molecule has 2 heterocycles. The van der Waals surface area contributed by atoms with Crippen LogP contribution in [-0.2, 0) is 4.79 Å². The summed E-state index contributed by atoms with van der Waals surface area (Å²) in [5, 5.41) is 3.89. The number of methoxy groups -OCH3 is 1. The third-order valence-corrected chi connectivity index (χ3v) is 4.54. The molecule has 2 aliphatic rings. The van der Waals surface area contributed by atoms with Gasteiger partial charge in [-0.3, -0.25) is 4.79 Å². The largest absolute Gasteiger partial charge is 0.495 e. The predicted octanol–water partition coefficient (Wildman–Crippen LogP) is 1.83. The maximum absolute atomic E-state index is 12.2. The van der Waals surface area contributed by atoms with E-state index in [2.05, 4.69) is 5.32 Å². The summed E-state index contributed by atoms with van der Waals surface area (Å²) in [4.78, 5) is 14.1. The van der Waals surface area contributed by atoms with Gasteiger partial charge in [0.15, 0.2) is 6.61 Å². The number of carbonyl (C=O) groups is 1. The zero-order valence-electron chi connectivity index (χ0n) is 12.4. The number of ether oxygens (including phenoxy) is 2. The summed E-state index contributed by atoms with van der Waals surface area (Å²) in [5.41, 5.74) is 0. The van der Waals surface area contributed by atoms with Crippen LogP contribution < -0.4 is 14.8 Å². The Hall–Kier alpha value is -1.17. The summed E-state index contributed by atoms with van der Waals surface area (Å²) in [6, 6.07) is 5.13. The van der Waals surface area contributed by atoms with Crippen LogP contribution in [-0.4, -0.2) is 50.7 Å². The third kappa shape index (κ3) is 3.59. The highest BCUT2D eigenvalue weighted by Gasteiger charge is 2.37. The van der Waals surface area contributed by atoms with Crippen molar-refractivity contribution in [1.29, 1.82) is 0 Å². The molecule has 1 aromatic rings. The molecule has 0 bridgehead atoms. The van der Waals surface area contributed by atoms with Crippen molar-refractivity contribution >= 4 is 29.9 Å². The fourth-order valence-electron chi connectivity index (χ4n) is 3.03. The summed E-state index contributed by atoms with van der Waals surface area (Å²) in [7, 11) is 1.55. The van der Waals surface area contributed by atoms with E-state index < -0.39 is 0 Å². The molecule has 0 aliphatic carbocycles. The Bertz CT molecular complexity index is 530. The molecule has 3 rings (SSSR count). The quantitative estimate of drug-likeness (QED) is 0.903. The van der Waals surface area contributed by atoms with E-state index in [-0.39, 0.29) is 24.9 Å². The van der Waals surface area contributed by atoms with Crippen LogP contribution in [0.4, 0.5) is 0 Å². The first-order valence-electron chi connectivity index (χ1n) is 7.12. The topological polar surface area (TPSA) is 50.8 Å². The van der Waals surface area contributed by atoms with Crippen LogP contribution in [0.1, 0.15) is 0 Å². The average Bonchev–Trinajstić information content (AvgIpc) is 3.07. The summed E-state index contributed by atoms with van der Waals surface area (Å²) < 4.78 is 10.7. The molecule has 2 fully saturated rings. The van der Waals surface area contributed by atoms with Gasteiger partial charge in [-0.05, 0) is 24.0 Å². The van der Waals surface area contributed by atoms with Crippen LogP contribution >= 0.6 is 24.0 Å². The van der Waals surface area contributed by atoms with E-state index in [0.717, 1.165) is 26.2 Å². The van der Waals surface area contributed by atoms with Gasteiger partial charge < -0.3 is 19.7 Å². The number of benzene rings is 1. The lowest BCUT2D eigenvalue weighted by Crippen LogP contribution is -2.35. The third-order valence-electron chi connectivity index (χ3n) is 4.23. The summed E-state index contributed by atoms with van der Waals surface area (Å²) >= 11 is 5.96. The minimum absolute atomic E-state index is 0. The van der Waals surface area contributed by atoms with Crippen LogP contribution in [0.5, 0.6) is 11.5 Å². The minimum Gasteiger partial charge on any atom is -0.495 e. The van der Waals surface area contributed by atoms with Crippen molar-refractivity contribution in [1.82, 2.24) is 10.2 Å². The van der Waals surface area contributed by atoms with Crippen molar-refractivity contribution < 1.29 is 14.3 Å². The number of hydrogen-bond donors (Lipinski definition) is 1. The van der Waals surface area contributed by atoms with E-state index in [9.17, 15) is 4.79 Å². The van der Waals surface area contributed by atoms with Crippen molar-refractivity contribution in [2.75, 3.05) is 39.9 Å². The van der Waals surface area contributed by atoms with Crippen molar-refractivity contribution in [3.8, 4) is 11.5 Å². The minimum atomic E-state index is 0. The number of rotatable bonds is 4. The van der Waals surface area contributed by atoms with Crippen LogP contribution in [0.15, 0.2) is 18.2 Å². The normalized spacial score (nSPS) is 22.9. The first-order chi connectivity index (χ1) is 10.2. The second kappa shape index (κ2) is 7.40. The number of halogens is 2. The molecule has 2 atom stereocenters. The number of amides is 1.